The van der Waals surface area contributed by atoms with Crippen LogP contribution >= 0.6 is 0 Å². The fraction of sp³-hybridized carbons (Fsp3) is 0.111. The van der Waals surface area contributed by atoms with E-state index in [1.54, 1.807) is 0 Å². The zero-order valence-corrected chi connectivity index (χ0v) is 10.1. The van der Waals surface area contributed by atoms with E-state index in [0.717, 1.165) is 11.1 Å². The molecule has 0 bridgehead atoms. The van der Waals surface area contributed by atoms with Crippen LogP contribution in [0.5, 0.6) is 0 Å². The molecule has 0 fully saturated rings. The minimum absolute atomic E-state index is 0.0846. The maximum absolute atomic E-state index is 5.67. The Labute approximate surface area is 109 Å². The first-order valence-electron chi connectivity index (χ1n) is 5.89. The van der Waals surface area contributed by atoms with E-state index in [2.05, 4.69) is 11.8 Å². The van der Waals surface area contributed by atoms with Gasteiger partial charge in [0.15, 0.2) is 0 Å². The Balaban J connectivity index is 2.39. The molecule has 0 aliphatic rings. The van der Waals surface area contributed by atoms with Crippen LogP contribution in [0.2, 0.25) is 0 Å². The van der Waals surface area contributed by atoms with Gasteiger partial charge in [0.2, 0.25) is 0 Å². The lowest BCUT2D eigenvalue weighted by Gasteiger charge is -2.19. The van der Waals surface area contributed by atoms with Crippen LogP contribution in [0.1, 0.15) is 23.0 Å². The van der Waals surface area contributed by atoms with Crippen molar-refractivity contribution in [2.45, 2.75) is 11.8 Å². The van der Waals surface area contributed by atoms with Crippen molar-refractivity contribution in [2.24, 2.45) is 0 Å². The molecule has 0 spiro atoms. The predicted molar refractivity (Wildman–Crippen MR) is 76.0 cm³/mol. The molecular formula is C18H14. The van der Waals surface area contributed by atoms with E-state index >= 15 is 0 Å². The van der Waals surface area contributed by atoms with Crippen LogP contribution in [-0.2, 0) is 0 Å². The molecule has 0 radical (unpaired) electrons. The van der Waals surface area contributed by atoms with Crippen LogP contribution in [0.4, 0.5) is 0 Å². The number of hydrogen-bond acceptors (Lipinski definition) is 0. The molecule has 0 nitrogen and oxygen atoms in total. The van der Waals surface area contributed by atoms with Crippen molar-refractivity contribution in [1.29, 1.82) is 0 Å². The molecule has 0 aliphatic heterocycles. The summed E-state index contributed by atoms with van der Waals surface area (Å²) in [5.74, 6) is 5.48. The fourth-order valence-electron chi connectivity index (χ4n) is 2.09. The molecule has 0 saturated carbocycles. The normalized spacial score (nSPS) is 13.0. The van der Waals surface area contributed by atoms with Gasteiger partial charge in [-0.15, -0.1) is 12.8 Å². The summed E-state index contributed by atoms with van der Waals surface area (Å²) in [7, 11) is 0. The number of benzene rings is 2. The summed E-state index contributed by atoms with van der Waals surface area (Å²) in [6.07, 6.45) is 11.3. The third-order valence-corrected chi connectivity index (χ3v) is 3.01. The monoisotopic (exact) mass is 230 g/mol. The molecule has 0 N–H and O–H groups in total. The molecule has 0 aromatic heterocycles. The summed E-state index contributed by atoms with van der Waals surface area (Å²) in [6, 6.07) is 20.0. The third kappa shape index (κ3) is 2.45. The van der Waals surface area contributed by atoms with E-state index in [1.165, 1.54) is 0 Å². The molecule has 18 heavy (non-hydrogen) atoms. The summed E-state index contributed by atoms with van der Waals surface area (Å²) in [5, 5.41) is 0. The quantitative estimate of drug-likeness (QED) is 0.703. The van der Waals surface area contributed by atoms with Gasteiger partial charge in [-0.2, -0.15) is 0 Å². The zero-order chi connectivity index (χ0) is 12.8. The zero-order valence-electron chi connectivity index (χ0n) is 10.1. The Morgan fingerprint density at radius 1 is 0.611 bits per heavy atom. The molecule has 2 aromatic carbocycles. The SMILES string of the molecule is C#C[C@H](c1ccccc1)[C@@H](C#C)c1ccccc1. The average Bonchev–Trinajstić information content (AvgIpc) is 2.46. The van der Waals surface area contributed by atoms with Gasteiger partial charge < -0.3 is 0 Å². The minimum Gasteiger partial charge on any atom is -0.119 e. The van der Waals surface area contributed by atoms with Crippen molar-refractivity contribution < 1.29 is 0 Å². The first kappa shape index (κ1) is 12.0. The molecule has 0 heterocycles. The van der Waals surface area contributed by atoms with E-state index < -0.39 is 0 Å². The lowest BCUT2D eigenvalue weighted by atomic mass is 9.82. The van der Waals surface area contributed by atoms with E-state index in [0.29, 0.717) is 0 Å². The molecule has 86 valence electrons. The second-order valence-corrected chi connectivity index (χ2v) is 4.11. The first-order valence-corrected chi connectivity index (χ1v) is 5.89. The average molecular weight is 230 g/mol. The summed E-state index contributed by atoms with van der Waals surface area (Å²) >= 11 is 0. The van der Waals surface area contributed by atoms with Crippen molar-refractivity contribution in [3.05, 3.63) is 71.8 Å². The van der Waals surface area contributed by atoms with Gasteiger partial charge in [-0.3, -0.25) is 0 Å². The molecule has 0 aliphatic carbocycles. The highest BCUT2D eigenvalue weighted by atomic mass is 14.2. The Bertz CT molecular complexity index is 511. The predicted octanol–water partition coefficient (Wildman–Crippen LogP) is 3.82. The molecule has 2 rings (SSSR count). The van der Waals surface area contributed by atoms with Gasteiger partial charge in [0, 0.05) is 0 Å². The van der Waals surface area contributed by atoms with Crippen molar-refractivity contribution in [1.82, 2.24) is 0 Å². The second kappa shape index (κ2) is 5.76. The van der Waals surface area contributed by atoms with Gasteiger partial charge in [-0.25, -0.2) is 0 Å². The molecule has 2 aromatic rings. The van der Waals surface area contributed by atoms with Crippen molar-refractivity contribution in [3.8, 4) is 24.7 Å². The summed E-state index contributed by atoms with van der Waals surface area (Å²) < 4.78 is 0. The molecule has 2 atom stereocenters. The summed E-state index contributed by atoms with van der Waals surface area (Å²) in [6.45, 7) is 0. The Hall–Kier alpha value is -2.44. The Morgan fingerprint density at radius 3 is 1.22 bits per heavy atom. The van der Waals surface area contributed by atoms with Gasteiger partial charge in [-0.05, 0) is 11.1 Å². The van der Waals surface area contributed by atoms with Crippen LogP contribution in [0.3, 0.4) is 0 Å². The van der Waals surface area contributed by atoms with Crippen molar-refractivity contribution in [2.75, 3.05) is 0 Å². The van der Waals surface area contributed by atoms with Gasteiger partial charge >= 0.3 is 0 Å². The lowest BCUT2D eigenvalue weighted by Crippen LogP contribution is -2.08. The van der Waals surface area contributed by atoms with Crippen LogP contribution in [0, 0.1) is 24.7 Å². The van der Waals surface area contributed by atoms with Gasteiger partial charge in [0.25, 0.3) is 0 Å². The lowest BCUT2D eigenvalue weighted by molar-refractivity contribution is 0.781. The highest BCUT2D eigenvalue weighted by Crippen LogP contribution is 2.31. The Kier molecular flexibility index (Phi) is 3.85. The molecule has 0 heteroatoms. The Morgan fingerprint density at radius 2 is 0.944 bits per heavy atom. The van der Waals surface area contributed by atoms with Crippen molar-refractivity contribution in [3.63, 3.8) is 0 Å². The number of hydrogen-bond donors (Lipinski definition) is 0. The molecular weight excluding hydrogens is 216 g/mol. The van der Waals surface area contributed by atoms with Crippen LogP contribution in [0.25, 0.3) is 0 Å². The maximum Gasteiger partial charge on any atom is 0.0628 e. The summed E-state index contributed by atoms with van der Waals surface area (Å²) in [4.78, 5) is 0. The van der Waals surface area contributed by atoms with Gasteiger partial charge in [0.1, 0.15) is 0 Å². The van der Waals surface area contributed by atoms with E-state index in [9.17, 15) is 0 Å². The van der Waals surface area contributed by atoms with Gasteiger partial charge in [0.05, 0.1) is 11.8 Å². The molecule has 0 saturated heterocycles. The first-order chi connectivity index (χ1) is 8.86. The van der Waals surface area contributed by atoms with E-state index in [1.807, 2.05) is 60.7 Å². The highest BCUT2D eigenvalue weighted by molar-refractivity contribution is 5.39. The largest absolute Gasteiger partial charge is 0.119 e. The van der Waals surface area contributed by atoms with Gasteiger partial charge in [-0.1, -0.05) is 72.5 Å². The smallest absolute Gasteiger partial charge is 0.0628 e. The molecule has 0 unspecified atom stereocenters. The third-order valence-electron chi connectivity index (χ3n) is 3.01. The fourth-order valence-corrected chi connectivity index (χ4v) is 2.09. The minimum atomic E-state index is -0.0846. The van der Waals surface area contributed by atoms with Crippen molar-refractivity contribution >= 4 is 0 Å². The van der Waals surface area contributed by atoms with E-state index in [-0.39, 0.29) is 11.8 Å². The topological polar surface area (TPSA) is 0 Å². The number of terminal acetylenes is 2. The van der Waals surface area contributed by atoms with Crippen LogP contribution < -0.4 is 0 Å². The standard InChI is InChI=1S/C18H14/c1-3-17(15-11-7-5-8-12-15)18(4-2)16-13-9-6-10-14-16/h1-2,5-14,17-18H/t17-,18+. The highest BCUT2D eigenvalue weighted by Gasteiger charge is 2.20. The van der Waals surface area contributed by atoms with Crippen LogP contribution in [-0.4, -0.2) is 0 Å². The van der Waals surface area contributed by atoms with Crippen LogP contribution in [0.15, 0.2) is 60.7 Å². The van der Waals surface area contributed by atoms with E-state index in [4.69, 9.17) is 12.8 Å². The maximum atomic E-state index is 5.67. The number of rotatable bonds is 3. The second-order valence-electron chi connectivity index (χ2n) is 4.11. The molecule has 0 amide bonds. The summed E-state index contributed by atoms with van der Waals surface area (Å²) in [5.41, 5.74) is 2.18.